The topological polar surface area (TPSA) is 105 Å². The number of ether oxygens (including phenoxy) is 2. The number of aromatic amines is 1. The van der Waals surface area contributed by atoms with Crippen LogP contribution in [-0.4, -0.2) is 39.5 Å². The van der Waals surface area contributed by atoms with Crippen molar-refractivity contribution in [1.29, 1.82) is 0 Å². The smallest absolute Gasteiger partial charge is 0.302 e. The molecule has 0 bridgehead atoms. The summed E-state index contributed by atoms with van der Waals surface area (Å²) in [7, 11) is 0. The van der Waals surface area contributed by atoms with Crippen LogP contribution in [0, 0.1) is 0 Å². The summed E-state index contributed by atoms with van der Waals surface area (Å²) in [6.45, 7) is 6.46. The van der Waals surface area contributed by atoms with Gasteiger partial charge in [-0.25, -0.2) is 4.98 Å². The second kappa shape index (κ2) is 10.4. The molecule has 1 saturated heterocycles. The van der Waals surface area contributed by atoms with E-state index in [9.17, 15) is 14.7 Å². The number of ketones is 1. The van der Waals surface area contributed by atoms with Crippen molar-refractivity contribution < 1.29 is 24.2 Å². The maximum absolute atomic E-state index is 13.4. The Balaban J connectivity index is 1.62. The van der Waals surface area contributed by atoms with Gasteiger partial charge in [0.05, 0.1) is 35.4 Å². The predicted octanol–water partition coefficient (Wildman–Crippen LogP) is 5.77. The highest BCUT2D eigenvalue weighted by atomic mass is 16.5. The summed E-state index contributed by atoms with van der Waals surface area (Å²) in [6.07, 6.45) is 0.861. The van der Waals surface area contributed by atoms with E-state index in [0.717, 1.165) is 11.9 Å². The molecule has 8 nitrogen and oxygen atoms in total. The van der Waals surface area contributed by atoms with Crippen molar-refractivity contribution >= 4 is 34.4 Å². The lowest BCUT2D eigenvalue weighted by Crippen LogP contribution is -2.30. The summed E-state index contributed by atoms with van der Waals surface area (Å²) in [4.78, 5) is 35.9. The van der Waals surface area contributed by atoms with E-state index in [-0.39, 0.29) is 23.4 Å². The van der Waals surface area contributed by atoms with E-state index < -0.39 is 17.7 Å². The molecular formula is C30H29N3O5. The van der Waals surface area contributed by atoms with Gasteiger partial charge in [0, 0.05) is 5.56 Å². The molecule has 1 amide bonds. The van der Waals surface area contributed by atoms with Crippen LogP contribution in [0.5, 0.6) is 11.5 Å². The number of nitrogens with one attached hydrogen (secondary N) is 1. The molecule has 1 aliphatic rings. The average molecular weight is 512 g/mol. The van der Waals surface area contributed by atoms with Crippen molar-refractivity contribution in [1.82, 2.24) is 9.97 Å². The minimum Gasteiger partial charge on any atom is -0.507 e. The first-order valence-electron chi connectivity index (χ1n) is 12.6. The van der Waals surface area contributed by atoms with Crippen LogP contribution in [0.4, 0.5) is 5.95 Å². The predicted molar refractivity (Wildman–Crippen MR) is 145 cm³/mol. The number of amides is 1. The number of H-pyrrole nitrogens is 1. The van der Waals surface area contributed by atoms with Crippen LogP contribution < -0.4 is 14.4 Å². The van der Waals surface area contributed by atoms with Crippen LogP contribution in [0.1, 0.15) is 44.4 Å². The number of hydrogen-bond donors (Lipinski definition) is 2. The fourth-order valence-corrected chi connectivity index (χ4v) is 4.51. The van der Waals surface area contributed by atoms with E-state index in [4.69, 9.17) is 9.47 Å². The molecule has 1 fully saturated rings. The number of nitrogens with zero attached hydrogens (tertiary/aromatic N) is 2. The molecule has 2 N–H and O–H groups in total. The Labute approximate surface area is 220 Å². The first-order valence-corrected chi connectivity index (χ1v) is 12.6. The molecule has 0 saturated carbocycles. The Morgan fingerprint density at radius 1 is 1.00 bits per heavy atom. The lowest BCUT2D eigenvalue weighted by Gasteiger charge is -2.23. The lowest BCUT2D eigenvalue weighted by molar-refractivity contribution is -0.132. The molecule has 0 spiro atoms. The maximum atomic E-state index is 13.4. The van der Waals surface area contributed by atoms with Gasteiger partial charge >= 0.3 is 5.91 Å². The number of carbonyl (C=O) groups excluding carboxylic acids is 2. The Bertz CT molecular complexity index is 1470. The van der Waals surface area contributed by atoms with Gasteiger partial charge in [-0.2, -0.15) is 0 Å². The van der Waals surface area contributed by atoms with E-state index in [2.05, 4.69) is 9.97 Å². The zero-order chi connectivity index (χ0) is 26.8. The minimum atomic E-state index is -0.903. The third kappa shape index (κ3) is 4.72. The zero-order valence-corrected chi connectivity index (χ0v) is 21.5. The molecule has 2 heterocycles. The summed E-state index contributed by atoms with van der Waals surface area (Å²) < 4.78 is 11.4. The summed E-state index contributed by atoms with van der Waals surface area (Å²) in [6, 6.07) is 20.4. The van der Waals surface area contributed by atoms with E-state index >= 15 is 0 Å². The molecule has 1 unspecified atom stereocenters. The molecule has 1 aromatic heterocycles. The molecule has 8 heteroatoms. The van der Waals surface area contributed by atoms with Crippen LogP contribution >= 0.6 is 0 Å². The van der Waals surface area contributed by atoms with Crippen molar-refractivity contribution in [3.05, 3.63) is 89.5 Å². The SMILES string of the molecule is CCCOc1ccc(/C(O)=C2\C(=O)C(=O)N(c3nc4ccccc4[nH]3)C2c2ccc(OC(C)C)cc2)cc1. The number of carbonyl (C=O) groups is 2. The highest BCUT2D eigenvalue weighted by molar-refractivity contribution is 6.51. The molecule has 0 radical (unpaired) electrons. The molecule has 38 heavy (non-hydrogen) atoms. The largest absolute Gasteiger partial charge is 0.507 e. The normalized spacial score (nSPS) is 16.9. The number of aliphatic hydroxyl groups is 1. The molecule has 0 aliphatic carbocycles. The molecule has 5 rings (SSSR count). The molecule has 1 atom stereocenters. The number of hydrogen-bond acceptors (Lipinski definition) is 6. The highest BCUT2D eigenvalue weighted by Gasteiger charge is 2.48. The van der Waals surface area contributed by atoms with Gasteiger partial charge in [0.15, 0.2) is 0 Å². The Hall–Kier alpha value is -4.59. The fourth-order valence-electron chi connectivity index (χ4n) is 4.51. The van der Waals surface area contributed by atoms with Crippen molar-refractivity contribution in [2.75, 3.05) is 11.5 Å². The van der Waals surface area contributed by atoms with Crippen molar-refractivity contribution in [2.24, 2.45) is 0 Å². The fraction of sp³-hybridized carbons (Fsp3) is 0.233. The van der Waals surface area contributed by atoms with Gasteiger partial charge < -0.3 is 19.6 Å². The number of aliphatic hydroxyl groups excluding tert-OH is 1. The molecule has 1 aliphatic heterocycles. The van der Waals surface area contributed by atoms with E-state index in [1.165, 1.54) is 4.90 Å². The number of rotatable bonds is 8. The highest BCUT2D eigenvalue weighted by Crippen LogP contribution is 2.42. The van der Waals surface area contributed by atoms with Gasteiger partial charge in [-0.15, -0.1) is 0 Å². The molecule has 4 aromatic rings. The number of aromatic nitrogens is 2. The van der Waals surface area contributed by atoms with Crippen LogP contribution in [0.2, 0.25) is 0 Å². The maximum Gasteiger partial charge on any atom is 0.302 e. The first kappa shape index (κ1) is 25.1. The summed E-state index contributed by atoms with van der Waals surface area (Å²) in [5.74, 6) is -0.294. The van der Waals surface area contributed by atoms with E-state index in [1.807, 2.05) is 45.0 Å². The number of anilines is 1. The summed E-state index contributed by atoms with van der Waals surface area (Å²) in [5, 5.41) is 11.4. The van der Waals surface area contributed by atoms with Gasteiger partial charge in [-0.3, -0.25) is 14.5 Å². The van der Waals surface area contributed by atoms with Gasteiger partial charge in [-0.1, -0.05) is 31.2 Å². The van der Waals surface area contributed by atoms with Gasteiger partial charge in [0.1, 0.15) is 17.3 Å². The minimum absolute atomic E-state index is 0.00804. The Morgan fingerprint density at radius 3 is 2.34 bits per heavy atom. The Kier molecular flexibility index (Phi) is 6.87. The molecule has 194 valence electrons. The van der Waals surface area contributed by atoms with Gasteiger partial charge in [-0.05, 0) is 74.4 Å². The summed E-state index contributed by atoms with van der Waals surface area (Å²) in [5.41, 5.74) is 2.40. The number of para-hydroxylation sites is 2. The summed E-state index contributed by atoms with van der Waals surface area (Å²) >= 11 is 0. The van der Waals surface area contributed by atoms with Crippen molar-refractivity contribution in [3.8, 4) is 11.5 Å². The lowest BCUT2D eigenvalue weighted by atomic mass is 9.95. The van der Waals surface area contributed by atoms with Gasteiger partial charge in [0.2, 0.25) is 5.95 Å². The molecule has 3 aromatic carbocycles. The monoisotopic (exact) mass is 511 g/mol. The number of imidazole rings is 1. The van der Waals surface area contributed by atoms with Crippen LogP contribution in [0.25, 0.3) is 16.8 Å². The van der Waals surface area contributed by atoms with E-state index in [0.29, 0.717) is 34.7 Å². The van der Waals surface area contributed by atoms with Crippen LogP contribution in [0.3, 0.4) is 0 Å². The second-order valence-electron chi connectivity index (χ2n) is 9.36. The van der Waals surface area contributed by atoms with Crippen LogP contribution in [-0.2, 0) is 9.59 Å². The number of Topliss-reactive ketones (excluding diaryl/α,β-unsaturated/α-hetero) is 1. The number of fused-ring (bicyclic) bond motifs is 1. The second-order valence-corrected chi connectivity index (χ2v) is 9.36. The van der Waals surface area contributed by atoms with Gasteiger partial charge in [0.25, 0.3) is 5.78 Å². The molecular weight excluding hydrogens is 482 g/mol. The average Bonchev–Trinajstić information content (AvgIpc) is 3.46. The van der Waals surface area contributed by atoms with Crippen LogP contribution in [0.15, 0.2) is 78.4 Å². The first-order chi connectivity index (χ1) is 18.4. The quantitative estimate of drug-likeness (QED) is 0.177. The zero-order valence-electron chi connectivity index (χ0n) is 21.5. The van der Waals surface area contributed by atoms with Crippen molar-refractivity contribution in [3.63, 3.8) is 0 Å². The Morgan fingerprint density at radius 2 is 1.68 bits per heavy atom. The standard InChI is InChI=1S/C30H29N3O5/c1-4-17-37-21-13-11-20(12-14-21)27(34)25-26(19-9-15-22(16-10-19)38-18(2)3)33(29(36)28(25)35)30-31-23-7-5-6-8-24(23)32-30/h5-16,18,26,34H,4,17H2,1-3H3,(H,31,32)/b27-25+. The van der Waals surface area contributed by atoms with Crippen molar-refractivity contribution in [2.45, 2.75) is 39.3 Å². The van der Waals surface area contributed by atoms with E-state index in [1.54, 1.807) is 48.5 Å². The third-order valence-electron chi connectivity index (χ3n) is 6.22. The third-order valence-corrected chi connectivity index (χ3v) is 6.22. The number of benzene rings is 3.